The van der Waals surface area contributed by atoms with Gasteiger partial charge in [-0.2, -0.15) is 0 Å². The van der Waals surface area contributed by atoms with Crippen LogP contribution in [-0.4, -0.2) is 86.2 Å². The molecule has 0 saturated heterocycles. The summed E-state index contributed by atoms with van der Waals surface area (Å²) in [5.74, 6) is -1.47. The van der Waals surface area contributed by atoms with Crippen LogP contribution < -0.4 is 32.8 Å². The molecule has 0 unspecified atom stereocenters. The molecule has 6 aromatic carbocycles. The minimum Gasteiger partial charge on any atom is -0.324 e. The Morgan fingerprint density at radius 2 is 0.759 bits per heavy atom. The van der Waals surface area contributed by atoms with Gasteiger partial charge in [0, 0.05) is 156 Å². The fraction of sp³-hybridized carbons (Fsp3) is 0.106. The molecule has 0 aliphatic rings. The lowest BCUT2D eigenvalue weighted by atomic mass is 10.1. The molecule has 9 aromatic heterocycles. The lowest BCUT2D eigenvalue weighted by molar-refractivity contribution is 0.101. The Bertz CT molecular complexity index is 6730. The van der Waals surface area contributed by atoms with E-state index in [-0.39, 0.29) is 142 Å². The summed E-state index contributed by atoms with van der Waals surface area (Å²) in [6, 6.07) is 40.1. The van der Waals surface area contributed by atoms with Crippen LogP contribution in [0.25, 0.3) is 50.8 Å². The van der Waals surface area contributed by atoms with Crippen molar-refractivity contribution in [3.05, 3.63) is 347 Å². The van der Waals surface area contributed by atoms with Gasteiger partial charge in [0.2, 0.25) is 16.9 Å². The highest BCUT2D eigenvalue weighted by molar-refractivity contribution is 6.06. The van der Waals surface area contributed by atoms with E-state index in [0.717, 1.165) is 22.3 Å². The predicted octanol–water partition coefficient (Wildman–Crippen LogP) is 15.8. The molecule has 0 spiro atoms. The fourth-order valence-electron chi connectivity index (χ4n) is 10.8. The van der Waals surface area contributed by atoms with Gasteiger partial charge < -0.3 is 44.6 Å². The van der Waals surface area contributed by atoms with Crippen LogP contribution in [0.4, 0.5) is 34.1 Å². The van der Waals surface area contributed by atoms with Crippen LogP contribution in [0.2, 0.25) is 0 Å². The normalized spacial score (nSPS) is 14.1. The molecule has 23 nitrogen and oxygen atoms in total. The Balaban J connectivity index is 0.000000162. The number of benzene rings is 6. The van der Waals surface area contributed by atoms with Crippen LogP contribution in [0.5, 0.6) is 0 Å². The zero-order valence-electron chi connectivity index (χ0n) is 76.9. The molecular formula is C85H76N20O3. The SMILES string of the molecule is [2H]c1nc(=Nc2cc(C(=O)Nc3cc(C)cc(-n4c([2H])cc(C)c4[2H])c3)ccc2C([2H])([2H])[2H])[nH]c(-c2cccnc2)c1[2H].[2H]c1nc(=Nc2cc(C(=O)Nc3cc(C)cc(-n4c([2H])nc(C)c4[2H])c3)ccc2C([2H])([2H])[2H])[nH]c(-c2cccnc2)c1[2H].[2H]c1nc(=Nc2cc(C(=O)Nc3cc(C)cc(-n4c([2H])nc(C)c4[2H])c3)ccc2C)[nH]c(-c2cccnc2)c1[2H]. The number of aryl methyl sites for hydroxylation is 9. The Labute approximate surface area is 647 Å². The van der Waals surface area contributed by atoms with E-state index in [2.05, 4.69) is 85.8 Å². The molecule has 0 atom stereocenters. The summed E-state index contributed by atoms with van der Waals surface area (Å²) < 4.78 is 151. The molecule has 0 saturated carbocycles. The first kappa shape index (κ1) is 52.5. The van der Waals surface area contributed by atoms with Crippen molar-refractivity contribution in [3.8, 4) is 50.8 Å². The predicted molar refractivity (Wildman–Crippen MR) is 420 cm³/mol. The lowest BCUT2D eigenvalue weighted by Crippen LogP contribution is -2.14. The summed E-state index contributed by atoms with van der Waals surface area (Å²) in [5.41, 5.74) is 10.6. The highest BCUT2D eigenvalue weighted by Crippen LogP contribution is 2.28. The van der Waals surface area contributed by atoms with Gasteiger partial charge in [-0.3, -0.25) is 29.3 Å². The van der Waals surface area contributed by atoms with Gasteiger partial charge in [-0.15, -0.1) is 0 Å². The molecule has 0 aliphatic carbocycles. The van der Waals surface area contributed by atoms with Gasteiger partial charge in [0.05, 0.1) is 71.8 Å². The van der Waals surface area contributed by atoms with Crippen molar-refractivity contribution >= 4 is 51.8 Å². The van der Waals surface area contributed by atoms with Crippen molar-refractivity contribution in [2.75, 3.05) is 16.0 Å². The third-order valence-electron chi connectivity index (χ3n) is 15.9. The molecule has 9 heterocycles. The summed E-state index contributed by atoms with van der Waals surface area (Å²) in [6.07, 6.45) is 8.69. The molecule has 3 amide bonds. The number of imidazole rings is 2. The van der Waals surface area contributed by atoms with Gasteiger partial charge in [0.25, 0.3) is 17.7 Å². The van der Waals surface area contributed by atoms with Gasteiger partial charge in [-0.1, -0.05) is 18.2 Å². The van der Waals surface area contributed by atoms with Crippen molar-refractivity contribution in [2.24, 2.45) is 15.0 Å². The standard InChI is InChI=1S/C29H26N6O.2C28H25N7O/c1-19-9-12-35(18-19)25-14-20(2)13-24(16-25)32-28(36)22-7-6-21(3)27(15-22)34-29-31-11-8-26(33-29)23-5-4-10-30-17-23;2*1-18-11-23(14-24(12-18)35-16-20(3)31-17-35)32-27(36)21-7-6-19(2)26(13-21)34-28-30-10-8-25(33-28)22-5-4-9-29-15-22/h4-18H,1-3H3,(H,32,36)(H,31,33,34);2*4-17H,1-3H3,(H,32,36)(H,30,33,34)/i3D3,8D,11D,12D,18D;2D3,8D,10D,16D,17D;8D,10D,16D,17D. The van der Waals surface area contributed by atoms with Gasteiger partial charge >= 0.3 is 0 Å². The zero-order valence-corrected chi connectivity index (χ0v) is 58.9. The van der Waals surface area contributed by atoms with Crippen LogP contribution in [0.3, 0.4) is 0 Å². The Morgan fingerprint density at radius 1 is 0.398 bits per heavy atom. The maximum atomic E-state index is 13.4. The fourth-order valence-corrected chi connectivity index (χ4v) is 10.8. The van der Waals surface area contributed by atoms with E-state index in [0.29, 0.717) is 84.7 Å². The maximum Gasteiger partial charge on any atom is 0.255 e. The monoisotopic (exact) mass is 1440 g/mol. The van der Waals surface area contributed by atoms with Crippen LogP contribution in [0, 0.1) is 62.2 Å². The summed E-state index contributed by atoms with van der Waals surface area (Å²) in [5, 5.41) is 8.49. The molecule has 15 rings (SSSR count). The van der Waals surface area contributed by atoms with Crippen molar-refractivity contribution in [1.82, 2.24) is 68.5 Å². The Morgan fingerprint density at radius 3 is 1.08 bits per heavy atom. The minimum atomic E-state index is -2.57. The second-order valence-corrected chi connectivity index (χ2v) is 24.5. The van der Waals surface area contributed by atoms with Gasteiger partial charge in [0.15, 0.2) is 0 Å². The zero-order chi connectivity index (χ0) is 90.7. The highest BCUT2D eigenvalue weighted by Gasteiger charge is 2.16. The van der Waals surface area contributed by atoms with E-state index in [4.69, 9.17) is 24.7 Å². The number of carbonyl (C=O) groups is 3. The first-order valence-corrected chi connectivity index (χ1v) is 33.2. The largest absolute Gasteiger partial charge is 0.324 e. The lowest BCUT2D eigenvalue weighted by Gasteiger charge is -2.11. The van der Waals surface area contributed by atoms with Crippen molar-refractivity contribution in [2.45, 2.75) is 62.2 Å². The van der Waals surface area contributed by atoms with E-state index >= 15 is 0 Å². The van der Waals surface area contributed by atoms with Crippen LogP contribution in [0.15, 0.2) is 278 Å². The molecular weight excluding hydrogens is 1350 g/mol. The number of aromatic amines is 3. The smallest absolute Gasteiger partial charge is 0.255 e. The molecule has 0 fully saturated rings. The number of amides is 3. The second-order valence-electron chi connectivity index (χ2n) is 24.5. The summed E-state index contributed by atoms with van der Waals surface area (Å²) in [7, 11) is 0. The topological polar surface area (TPSA) is 290 Å². The van der Waals surface area contributed by atoms with Gasteiger partial charge in [-0.25, -0.2) is 39.9 Å². The quantitative estimate of drug-likeness (QED) is 0.0561. The maximum absolute atomic E-state index is 13.4. The summed E-state index contributed by atoms with van der Waals surface area (Å²) >= 11 is 0. The molecule has 0 radical (unpaired) electrons. The number of rotatable bonds is 15. The van der Waals surface area contributed by atoms with E-state index in [1.165, 1.54) is 62.5 Å². The number of nitrogens with zero attached hydrogens (tertiary/aromatic N) is 14. The van der Waals surface area contributed by atoms with E-state index < -0.39 is 25.5 Å². The molecule has 0 aliphatic heterocycles. The van der Waals surface area contributed by atoms with Crippen LogP contribution >= 0.6 is 0 Å². The number of pyridine rings is 3. The van der Waals surface area contributed by atoms with Gasteiger partial charge in [-0.05, 0) is 253 Å². The summed E-state index contributed by atoms with van der Waals surface area (Å²) in [6.45, 7) is 7.28. The van der Waals surface area contributed by atoms with Crippen molar-refractivity contribution in [3.63, 3.8) is 0 Å². The number of anilines is 3. The number of H-pyrrole nitrogens is 3. The van der Waals surface area contributed by atoms with E-state index in [1.807, 2.05) is 33.8 Å². The third-order valence-corrected chi connectivity index (χ3v) is 15.9. The first-order valence-electron chi connectivity index (χ1n) is 42.2. The number of hydrogen-bond acceptors (Lipinski definition) is 14. The second kappa shape index (κ2) is 32.9. The first-order chi connectivity index (χ1) is 59.7. The van der Waals surface area contributed by atoms with E-state index in [1.54, 1.807) is 155 Å². The molecule has 108 heavy (non-hydrogen) atoms. The molecule has 534 valence electrons. The number of nitrogens with one attached hydrogen (secondary N) is 6. The molecule has 0 bridgehead atoms. The summed E-state index contributed by atoms with van der Waals surface area (Å²) in [4.78, 5) is 94.3. The van der Waals surface area contributed by atoms with Gasteiger partial charge in [0.1, 0.15) is 2.74 Å². The highest BCUT2D eigenvalue weighted by atomic mass is 16.2. The van der Waals surface area contributed by atoms with E-state index in [9.17, 15) is 14.4 Å². The number of carbonyl (C=O) groups excluding carboxylic acids is 3. The average molecular weight is 1440 g/mol. The van der Waals surface area contributed by atoms with Crippen LogP contribution in [-0.2, 0) is 0 Å². The molecule has 23 heteroatoms. The van der Waals surface area contributed by atoms with Crippen molar-refractivity contribution < 1.29 is 39.1 Å². The number of hydrogen-bond donors (Lipinski definition) is 6. The Kier molecular flexibility index (Phi) is 16.0. The minimum absolute atomic E-state index is 0.0541. The third kappa shape index (κ3) is 18.5. The molecule has 15 aromatic rings. The van der Waals surface area contributed by atoms with Crippen molar-refractivity contribution in [1.29, 1.82) is 0 Å². The number of aromatic nitrogens is 14. The molecule has 6 N–H and O–H groups in total. The van der Waals surface area contributed by atoms with Crippen LogP contribution in [0.1, 0.15) is 106 Å². The Hall–Kier alpha value is -14.5. The average Bonchev–Trinajstić information content (AvgIpc) is 1.28.